The van der Waals surface area contributed by atoms with Gasteiger partial charge in [-0.3, -0.25) is 9.69 Å². The molecule has 0 saturated carbocycles. The fraction of sp³-hybridized carbons (Fsp3) is 0.600. The number of carbonyl (C=O) groups is 2. The van der Waals surface area contributed by atoms with Crippen LogP contribution in [0, 0.1) is 5.92 Å². The second-order valence-corrected chi connectivity index (χ2v) is 9.14. The maximum Gasteiger partial charge on any atom is 0.327 e. The van der Waals surface area contributed by atoms with E-state index in [9.17, 15) is 9.59 Å². The van der Waals surface area contributed by atoms with Gasteiger partial charge >= 0.3 is 6.03 Å². The summed E-state index contributed by atoms with van der Waals surface area (Å²) in [5.41, 5.74) is 0.295. The normalized spacial score (nSPS) is 23.8. The summed E-state index contributed by atoms with van der Waals surface area (Å²) in [5, 5.41) is 0. The molecule has 2 saturated heterocycles. The van der Waals surface area contributed by atoms with Crippen molar-refractivity contribution >= 4 is 11.9 Å². The summed E-state index contributed by atoms with van der Waals surface area (Å²) in [6.45, 7) is 4.35. The SMILES string of the molecule is COCCCN1C(=O)N(Cc2ccccc2)C(=O)C12CCN(C[C@H]1CC=CCC1)CC2. The Morgan fingerprint density at radius 1 is 1.10 bits per heavy atom. The number of likely N-dealkylation sites (tertiary alicyclic amines) is 1. The Labute approximate surface area is 185 Å². The third kappa shape index (κ3) is 4.70. The quantitative estimate of drug-likeness (QED) is 0.362. The van der Waals surface area contributed by atoms with Crippen molar-refractivity contribution in [1.29, 1.82) is 0 Å². The first kappa shape index (κ1) is 22.0. The summed E-state index contributed by atoms with van der Waals surface area (Å²) in [7, 11) is 1.67. The van der Waals surface area contributed by atoms with Gasteiger partial charge in [0.15, 0.2) is 0 Å². The minimum absolute atomic E-state index is 0.0148. The van der Waals surface area contributed by atoms with Crippen LogP contribution in [0.4, 0.5) is 4.79 Å². The fourth-order valence-corrected chi connectivity index (χ4v) is 5.34. The van der Waals surface area contributed by atoms with E-state index in [2.05, 4.69) is 17.1 Å². The van der Waals surface area contributed by atoms with E-state index in [-0.39, 0.29) is 11.9 Å². The molecule has 1 spiro atoms. The first-order valence-corrected chi connectivity index (χ1v) is 11.7. The van der Waals surface area contributed by atoms with E-state index in [1.165, 1.54) is 17.7 Å². The van der Waals surface area contributed by atoms with Crippen molar-refractivity contribution in [3.8, 4) is 0 Å². The minimum atomic E-state index is -0.692. The van der Waals surface area contributed by atoms with Crippen LogP contribution >= 0.6 is 0 Å². The van der Waals surface area contributed by atoms with Gasteiger partial charge in [0.2, 0.25) is 0 Å². The fourth-order valence-electron chi connectivity index (χ4n) is 5.34. The molecule has 0 radical (unpaired) electrons. The second kappa shape index (κ2) is 9.96. The standard InChI is InChI=1S/C25H35N3O3/c1-31-18-8-15-28-24(30)27(20-22-11-6-3-7-12-22)23(29)25(28)13-16-26(17-14-25)19-21-9-4-2-5-10-21/h2-4,6-7,11-12,21H,5,8-10,13-20H2,1H3/t21-/m0/s1. The highest BCUT2D eigenvalue weighted by atomic mass is 16.5. The summed E-state index contributed by atoms with van der Waals surface area (Å²) >= 11 is 0. The maximum atomic E-state index is 13.6. The number of allylic oxidation sites excluding steroid dienone is 2. The molecule has 0 aromatic heterocycles. The molecule has 3 amide bonds. The van der Waals surface area contributed by atoms with Crippen molar-refractivity contribution in [3.63, 3.8) is 0 Å². The van der Waals surface area contributed by atoms with Crippen molar-refractivity contribution in [1.82, 2.24) is 14.7 Å². The van der Waals surface area contributed by atoms with Gasteiger partial charge in [-0.05, 0) is 50.0 Å². The first-order chi connectivity index (χ1) is 15.1. The Morgan fingerprint density at radius 2 is 1.87 bits per heavy atom. The summed E-state index contributed by atoms with van der Waals surface area (Å²) < 4.78 is 5.21. The van der Waals surface area contributed by atoms with Gasteiger partial charge in [-0.15, -0.1) is 0 Å². The second-order valence-electron chi connectivity index (χ2n) is 9.14. The number of hydrogen-bond donors (Lipinski definition) is 0. The average molecular weight is 426 g/mol. The van der Waals surface area contributed by atoms with Crippen LogP contribution in [-0.2, 0) is 16.1 Å². The molecule has 0 bridgehead atoms. The lowest BCUT2D eigenvalue weighted by Gasteiger charge is -2.43. The lowest BCUT2D eigenvalue weighted by Crippen LogP contribution is -2.57. The Balaban J connectivity index is 1.47. The summed E-state index contributed by atoms with van der Waals surface area (Å²) in [6, 6.07) is 9.66. The number of piperidine rings is 1. The van der Waals surface area contributed by atoms with Gasteiger partial charge in [0.1, 0.15) is 5.54 Å². The number of urea groups is 1. The van der Waals surface area contributed by atoms with Crippen LogP contribution in [0.3, 0.4) is 0 Å². The molecule has 6 nitrogen and oxygen atoms in total. The number of imide groups is 1. The lowest BCUT2D eigenvalue weighted by atomic mass is 9.84. The summed E-state index contributed by atoms with van der Waals surface area (Å²) in [6.07, 6.45) is 10.4. The molecule has 0 unspecified atom stereocenters. The van der Waals surface area contributed by atoms with Gasteiger partial charge in [-0.2, -0.15) is 0 Å². The Hall–Kier alpha value is -2.18. The van der Waals surface area contributed by atoms with Gasteiger partial charge in [0.25, 0.3) is 5.91 Å². The van der Waals surface area contributed by atoms with Crippen molar-refractivity contribution in [3.05, 3.63) is 48.0 Å². The summed E-state index contributed by atoms with van der Waals surface area (Å²) in [5.74, 6) is 0.700. The topological polar surface area (TPSA) is 53.1 Å². The third-order valence-electron chi connectivity index (χ3n) is 7.11. The van der Waals surface area contributed by atoms with Crippen molar-refractivity contribution in [2.75, 3.05) is 39.9 Å². The predicted octanol–water partition coefficient (Wildman–Crippen LogP) is 3.68. The molecule has 31 heavy (non-hydrogen) atoms. The van der Waals surface area contributed by atoms with Crippen molar-refractivity contribution < 1.29 is 14.3 Å². The molecular weight excluding hydrogens is 390 g/mol. The number of hydrogen-bond acceptors (Lipinski definition) is 4. The van der Waals surface area contributed by atoms with Crippen LogP contribution in [0.1, 0.15) is 44.1 Å². The predicted molar refractivity (Wildman–Crippen MR) is 120 cm³/mol. The average Bonchev–Trinajstić information content (AvgIpc) is 2.99. The first-order valence-electron chi connectivity index (χ1n) is 11.7. The molecule has 6 heteroatoms. The minimum Gasteiger partial charge on any atom is -0.385 e. The Bertz CT molecular complexity index is 786. The van der Waals surface area contributed by atoms with Crippen LogP contribution in [-0.4, -0.2) is 72.1 Å². The molecule has 1 aromatic rings. The number of benzene rings is 1. The van der Waals surface area contributed by atoms with Gasteiger partial charge in [-0.25, -0.2) is 4.79 Å². The van der Waals surface area contributed by atoms with Gasteiger partial charge in [0.05, 0.1) is 6.54 Å². The largest absolute Gasteiger partial charge is 0.385 e. The zero-order valence-corrected chi connectivity index (χ0v) is 18.7. The molecule has 2 aliphatic heterocycles. The van der Waals surface area contributed by atoms with E-state index in [1.54, 1.807) is 7.11 Å². The molecule has 1 aromatic carbocycles. The smallest absolute Gasteiger partial charge is 0.327 e. The van der Waals surface area contributed by atoms with Crippen LogP contribution in [0.2, 0.25) is 0 Å². The maximum absolute atomic E-state index is 13.6. The van der Waals surface area contributed by atoms with Crippen LogP contribution < -0.4 is 0 Å². The van der Waals surface area contributed by atoms with Crippen LogP contribution in [0.25, 0.3) is 0 Å². The van der Waals surface area contributed by atoms with E-state index in [1.807, 2.05) is 35.2 Å². The van der Waals surface area contributed by atoms with Gasteiger partial charge in [0, 0.05) is 39.9 Å². The molecular formula is C25H35N3O3. The van der Waals surface area contributed by atoms with E-state index in [0.29, 0.717) is 25.6 Å². The number of ether oxygens (including phenoxy) is 1. The van der Waals surface area contributed by atoms with E-state index in [0.717, 1.165) is 50.9 Å². The number of methoxy groups -OCH3 is 1. The molecule has 0 N–H and O–H groups in total. The molecule has 168 valence electrons. The van der Waals surface area contributed by atoms with E-state index >= 15 is 0 Å². The van der Waals surface area contributed by atoms with E-state index < -0.39 is 5.54 Å². The van der Waals surface area contributed by atoms with Gasteiger partial charge < -0.3 is 14.5 Å². The molecule has 1 atom stereocenters. The number of carbonyl (C=O) groups excluding carboxylic acids is 2. The van der Waals surface area contributed by atoms with E-state index in [4.69, 9.17) is 4.74 Å². The third-order valence-corrected chi connectivity index (χ3v) is 7.11. The Morgan fingerprint density at radius 3 is 2.55 bits per heavy atom. The number of rotatable bonds is 8. The van der Waals surface area contributed by atoms with Crippen LogP contribution in [0.15, 0.2) is 42.5 Å². The molecule has 2 fully saturated rings. The van der Waals surface area contributed by atoms with Crippen LogP contribution in [0.5, 0.6) is 0 Å². The van der Waals surface area contributed by atoms with Crippen molar-refractivity contribution in [2.45, 2.75) is 50.6 Å². The van der Waals surface area contributed by atoms with Crippen molar-refractivity contribution in [2.24, 2.45) is 5.92 Å². The van der Waals surface area contributed by atoms with Gasteiger partial charge in [-0.1, -0.05) is 42.5 Å². The molecule has 4 rings (SSSR count). The zero-order chi connectivity index (χ0) is 21.7. The number of nitrogens with zero attached hydrogens (tertiary/aromatic N) is 3. The highest BCUT2D eigenvalue weighted by Crippen LogP contribution is 2.38. The molecule has 2 heterocycles. The molecule has 1 aliphatic carbocycles. The number of amides is 3. The molecule has 3 aliphatic rings. The lowest BCUT2D eigenvalue weighted by molar-refractivity contribution is -0.136. The summed E-state index contributed by atoms with van der Waals surface area (Å²) in [4.78, 5) is 32.8. The zero-order valence-electron chi connectivity index (χ0n) is 18.7. The highest BCUT2D eigenvalue weighted by molar-refractivity contribution is 6.07. The monoisotopic (exact) mass is 425 g/mol. The Kier molecular flexibility index (Phi) is 7.08. The highest BCUT2D eigenvalue weighted by Gasteiger charge is 2.57.